The largest absolute Gasteiger partial charge is 0.375 e. The molecule has 112 valence electrons. The third kappa shape index (κ3) is 3.69. The van der Waals surface area contributed by atoms with E-state index in [4.69, 9.17) is 10.5 Å². The number of rotatable bonds is 5. The molecule has 2 rings (SSSR count). The maximum absolute atomic E-state index is 6.13. The minimum Gasteiger partial charge on any atom is -0.375 e. The van der Waals surface area contributed by atoms with Crippen molar-refractivity contribution in [3.8, 4) is 0 Å². The van der Waals surface area contributed by atoms with E-state index in [-0.39, 0.29) is 11.1 Å². The van der Waals surface area contributed by atoms with Gasteiger partial charge in [0, 0.05) is 31.8 Å². The summed E-state index contributed by atoms with van der Waals surface area (Å²) < 4.78 is 5.86. The van der Waals surface area contributed by atoms with Gasteiger partial charge in [0.1, 0.15) is 0 Å². The normalized spacial score (nSPS) is 32.1. The minimum atomic E-state index is -0.0421. The Morgan fingerprint density at radius 3 is 2.53 bits per heavy atom. The van der Waals surface area contributed by atoms with Gasteiger partial charge in [0.2, 0.25) is 0 Å². The van der Waals surface area contributed by atoms with Gasteiger partial charge in [-0.25, -0.2) is 0 Å². The molecule has 2 fully saturated rings. The summed E-state index contributed by atoms with van der Waals surface area (Å²) >= 11 is 0. The summed E-state index contributed by atoms with van der Waals surface area (Å²) in [6.07, 6.45) is 4.83. The third-order valence-corrected chi connectivity index (χ3v) is 4.96. The second-order valence-electron chi connectivity index (χ2n) is 6.93. The average Bonchev–Trinajstić information content (AvgIpc) is 2.87. The monoisotopic (exact) mass is 269 g/mol. The molecule has 0 spiro atoms. The molecule has 2 aliphatic rings. The fourth-order valence-corrected chi connectivity index (χ4v) is 3.64. The van der Waals surface area contributed by atoms with Crippen LogP contribution in [0.25, 0.3) is 0 Å². The fraction of sp³-hybridized carbons (Fsp3) is 1.00. The van der Waals surface area contributed by atoms with Crippen LogP contribution in [0.5, 0.6) is 0 Å². The second-order valence-corrected chi connectivity index (χ2v) is 6.93. The van der Waals surface area contributed by atoms with Crippen molar-refractivity contribution in [2.45, 2.75) is 50.7 Å². The molecule has 0 saturated carbocycles. The summed E-state index contributed by atoms with van der Waals surface area (Å²) in [4.78, 5) is 5.07. The number of hydrogen-bond acceptors (Lipinski definition) is 4. The van der Waals surface area contributed by atoms with Crippen molar-refractivity contribution in [3.63, 3.8) is 0 Å². The van der Waals surface area contributed by atoms with Gasteiger partial charge in [-0.15, -0.1) is 0 Å². The predicted molar refractivity (Wildman–Crippen MR) is 79.4 cm³/mol. The van der Waals surface area contributed by atoms with E-state index >= 15 is 0 Å². The van der Waals surface area contributed by atoms with Gasteiger partial charge < -0.3 is 15.4 Å². The summed E-state index contributed by atoms with van der Waals surface area (Å²) in [7, 11) is 2.24. The first kappa shape index (κ1) is 15.2. The molecule has 1 atom stereocenters. The summed E-state index contributed by atoms with van der Waals surface area (Å²) in [6, 6.07) is 0. The van der Waals surface area contributed by atoms with Crippen LogP contribution in [-0.2, 0) is 4.74 Å². The van der Waals surface area contributed by atoms with Gasteiger partial charge in [-0.1, -0.05) is 0 Å². The van der Waals surface area contributed by atoms with E-state index in [2.05, 4.69) is 30.7 Å². The molecule has 2 heterocycles. The lowest BCUT2D eigenvalue weighted by molar-refractivity contribution is -0.113. The molecule has 0 bridgehead atoms. The minimum absolute atomic E-state index is 0.0421. The highest BCUT2D eigenvalue weighted by Gasteiger charge is 2.42. The first-order valence-corrected chi connectivity index (χ1v) is 7.75. The van der Waals surface area contributed by atoms with Crippen LogP contribution in [0.4, 0.5) is 0 Å². The Labute approximate surface area is 118 Å². The Kier molecular flexibility index (Phi) is 4.88. The molecule has 19 heavy (non-hydrogen) atoms. The maximum atomic E-state index is 6.13. The molecular formula is C15H31N3O. The van der Waals surface area contributed by atoms with Gasteiger partial charge >= 0.3 is 0 Å². The number of hydrogen-bond donors (Lipinski definition) is 1. The molecule has 0 amide bonds. The molecule has 4 heteroatoms. The number of nitrogens with two attached hydrogens (primary N) is 1. The van der Waals surface area contributed by atoms with Gasteiger partial charge in [0.25, 0.3) is 0 Å². The zero-order chi connectivity index (χ0) is 13.9. The van der Waals surface area contributed by atoms with Crippen LogP contribution in [0.15, 0.2) is 0 Å². The molecule has 2 saturated heterocycles. The first-order valence-electron chi connectivity index (χ1n) is 7.75. The highest BCUT2D eigenvalue weighted by molar-refractivity contribution is 4.98. The van der Waals surface area contributed by atoms with E-state index in [9.17, 15) is 0 Å². The molecule has 0 aromatic heterocycles. The first-order chi connectivity index (χ1) is 8.97. The molecule has 1 unspecified atom stereocenters. The van der Waals surface area contributed by atoms with E-state index in [1.165, 1.54) is 32.5 Å². The Morgan fingerprint density at radius 1 is 1.26 bits per heavy atom. The van der Waals surface area contributed by atoms with Gasteiger partial charge in [-0.2, -0.15) is 0 Å². The van der Waals surface area contributed by atoms with Gasteiger partial charge in [0.15, 0.2) is 0 Å². The smallest absolute Gasteiger partial charge is 0.0644 e. The molecule has 2 aliphatic heterocycles. The number of nitrogens with zero attached hydrogens (tertiary/aromatic N) is 2. The van der Waals surface area contributed by atoms with Crippen LogP contribution in [0.2, 0.25) is 0 Å². The van der Waals surface area contributed by atoms with E-state index < -0.39 is 0 Å². The Morgan fingerprint density at radius 2 is 1.95 bits per heavy atom. The van der Waals surface area contributed by atoms with E-state index in [0.717, 1.165) is 32.5 Å². The quantitative estimate of drug-likeness (QED) is 0.817. The summed E-state index contributed by atoms with van der Waals surface area (Å²) in [5.41, 5.74) is 6.22. The number of ether oxygens (including phenoxy) is 1. The highest BCUT2D eigenvalue weighted by Crippen LogP contribution is 2.35. The maximum Gasteiger partial charge on any atom is 0.0644 e. The Hall–Kier alpha value is -0.160. The average molecular weight is 269 g/mol. The molecular weight excluding hydrogens is 238 g/mol. The molecule has 4 nitrogen and oxygen atoms in total. The lowest BCUT2D eigenvalue weighted by Gasteiger charge is -2.49. The zero-order valence-electron chi connectivity index (χ0n) is 13.0. The standard InChI is InChI=1S/C15H31N3O/c1-14(2)12-15(13-16,6-11-19-14)17(3)9-10-18-7-4-5-8-18/h4-13,16H2,1-3H3. The van der Waals surface area contributed by atoms with Crippen molar-refractivity contribution < 1.29 is 4.74 Å². The fourth-order valence-electron chi connectivity index (χ4n) is 3.64. The van der Waals surface area contributed by atoms with Gasteiger partial charge in [0.05, 0.1) is 5.60 Å². The van der Waals surface area contributed by atoms with Gasteiger partial charge in [-0.3, -0.25) is 4.90 Å². The molecule has 0 radical (unpaired) electrons. The van der Waals surface area contributed by atoms with Crippen molar-refractivity contribution in [1.82, 2.24) is 9.80 Å². The second kappa shape index (κ2) is 6.08. The number of likely N-dealkylation sites (tertiary alicyclic amines) is 1. The SMILES string of the molecule is CN(CCN1CCCC1)C1(CN)CCOC(C)(C)C1. The zero-order valence-corrected chi connectivity index (χ0v) is 13.0. The van der Waals surface area contributed by atoms with Crippen LogP contribution < -0.4 is 5.73 Å². The summed E-state index contributed by atoms with van der Waals surface area (Å²) in [5.74, 6) is 0. The van der Waals surface area contributed by atoms with Crippen molar-refractivity contribution in [2.24, 2.45) is 5.73 Å². The Balaban J connectivity index is 1.91. The topological polar surface area (TPSA) is 41.7 Å². The van der Waals surface area contributed by atoms with Crippen LogP contribution in [0.1, 0.15) is 39.5 Å². The van der Waals surface area contributed by atoms with Gasteiger partial charge in [-0.05, 0) is 59.7 Å². The predicted octanol–water partition coefficient (Wildman–Crippen LogP) is 1.30. The molecule has 0 aromatic carbocycles. The molecule has 2 N–H and O–H groups in total. The molecule has 0 aliphatic carbocycles. The third-order valence-electron chi connectivity index (χ3n) is 4.96. The van der Waals surface area contributed by atoms with Crippen molar-refractivity contribution >= 4 is 0 Å². The van der Waals surface area contributed by atoms with Crippen LogP contribution in [0.3, 0.4) is 0 Å². The number of likely N-dealkylation sites (N-methyl/N-ethyl adjacent to an activating group) is 1. The van der Waals surface area contributed by atoms with Crippen LogP contribution in [0, 0.1) is 0 Å². The van der Waals surface area contributed by atoms with Crippen molar-refractivity contribution in [2.75, 3.05) is 46.4 Å². The summed E-state index contributed by atoms with van der Waals surface area (Å²) in [6.45, 7) is 10.8. The van der Waals surface area contributed by atoms with E-state index in [1.54, 1.807) is 0 Å². The highest BCUT2D eigenvalue weighted by atomic mass is 16.5. The van der Waals surface area contributed by atoms with Crippen molar-refractivity contribution in [3.05, 3.63) is 0 Å². The van der Waals surface area contributed by atoms with E-state index in [0.29, 0.717) is 0 Å². The molecule has 0 aromatic rings. The lowest BCUT2D eigenvalue weighted by Crippen LogP contribution is -2.60. The van der Waals surface area contributed by atoms with Crippen molar-refractivity contribution in [1.29, 1.82) is 0 Å². The van der Waals surface area contributed by atoms with Crippen LogP contribution >= 0.6 is 0 Å². The summed E-state index contributed by atoms with van der Waals surface area (Å²) in [5, 5.41) is 0. The van der Waals surface area contributed by atoms with Crippen LogP contribution in [-0.4, -0.2) is 67.3 Å². The lowest BCUT2D eigenvalue weighted by atomic mass is 9.80. The Bertz CT molecular complexity index is 289. The van der Waals surface area contributed by atoms with E-state index in [1.807, 2.05) is 0 Å².